The molecule has 27 heavy (non-hydrogen) atoms. The van der Waals surface area contributed by atoms with Crippen LogP contribution in [0.4, 0.5) is 0 Å². The molecule has 1 atom stereocenters. The third-order valence-corrected chi connectivity index (χ3v) is 4.75. The van der Waals surface area contributed by atoms with E-state index >= 15 is 0 Å². The maximum atomic E-state index is 12.9. The third-order valence-electron chi connectivity index (χ3n) is 4.75. The van der Waals surface area contributed by atoms with E-state index in [4.69, 9.17) is 0 Å². The molecule has 1 amide bonds. The van der Waals surface area contributed by atoms with Crippen molar-refractivity contribution in [1.82, 2.24) is 24.8 Å². The number of carbonyl (C=O) groups excluding carboxylic acids is 1. The molecule has 1 fully saturated rings. The lowest BCUT2D eigenvalue weighted by atomic mass is 10.1. The first-order chi connectivity index (χ1) is 13.1. The van der Waals surface area contributed by atoms with Crippen molar-refractivity contribution in [3.63, 3.8) is 0 Å². The molecular weight excluding hydrogens is 342 g/mol. The molecule has 2 aromatic rings. The van der Waals surface area contributed by atoms with Crippen LogP contribution in [0.15, 0.2) is 36.8 Å². The molecular formula is C20H27N5O2. The minimum atomic E-state index is -0.0605. The van der Waals surface area contributed by atoms with Gasteiger partial charge in [-0.15, -0.1) is 0 Å². The van der Waals surface area contributed by atoms with Crippen LogP contribution < -0.4 is 0 Å². The van der Waals surface area contributed by atoms with Crippen molar-refractivity contribution in [1.29, 1.82) is 0 Å². The molecule has 0 aromatic carbocycles. The molecule has 1 N–H and O–H groups in total. The van der Waals surface area contributed by atoms with Crippen molar-refractivity contribution in [2.45, 2.75) is 26.3 Å². The first-order valence-electron chi connectivity index (χ1n) is 9.46. The average molecular weight is 369 g/mol. The van der Waals surface area contributed by atoms with Crippen LogP contribution in [0.1, 0.15) is 30.6 Å². The normalized spacial score (nSPS) is 18.1. The molecule has 0 saturated carbocycles. The highest BCUT2D eigenvalue weighted by atomic mass is 16.3. The van der Waals surface area contributed by atoms with E-state index in [-0.39, 0.29) is 18.6 Å². The Hall–Kier alpha value is -2.38. The van der Waals surface area contributed by atoms with E-state index in [1.807, 2.05) is 23.1 Å². The Morgan fingerprint density at radius 1 is 1.22 bits per heavy atom. The number of nitrogens with zero attached hydrogens (tertiary/aromatic N) is 5. The zero-order valence-corrected chi connectivity index (χ0v) is 16.0. The topological polar surface area (TPSA) is 82.5 Å². The second-order valence-corrected chi connectivity index (χ2v) is 7.32. The van der Waals surface area contributed by atoms with Gasteiger partial charge in [0.15, 0.2) is 5.82 Å². The highest BCUT2D eigenvalue weighted by Gasteiger charge is 2.30. The quantitative estimate of drug-likeness (QED) is 0.835. The highest BCUT2D eigenvalue weighted by Crippen LogP contribution is 2.17. The number of hydrogen-bond acceptors (Lipinski definition) is 6. The van der Waals surface area contributed by atoms with Gasteiger partial charge in [0.05, 0.1) is 5.56 Å². The fourth-order valence-corrected chi connectivity index (χ4v) is 3.46. The summed E-state index contributed by atoms with van der Waals surface area (Å²) in [6.07, 6.45) is 5.50. The Morgan fingerprint density at radius 3 is 2.63 bits per heavy atom. The van der Waals surface area contributed by atoms with Gasteiger partial charge in [0.2, 0.25) is 0 Å². The van der Waals surface area contributed by atoms with Gasteiger partial charge in [0.1, 0.15) is 5.69 Å². The standard InChI is InChI=1S/C20H27N5O2/c1-15(2)13-24-8-9-25(14-17(24)6-10-26)20(27)16-11-22-19(23-12-16)18-5-3-4-7-21-18/h3-5,7,11-12,15,17,26H,6,8-10,13-14H2,1-2H3. The summed E-state index contributed by atoms with van der Waals surface area (Å²) in [4.78, 5) is 29.9. The van der Waals surface area contributed by atoms with Crippen LogP contribution in [0.25, 0.3) is 11.5 Å². The largest absolute Gasteiger partial charge is 0.396 e. The van der Waals surface area contributed by atoms with Crippen molar-refractivity contribution >= 4 is 5.91 Å². The van der Waals surface area contributed by atoms with Gasteiger partial charge in [-0.3, -0.25) is 14.7 Å². The molecule has 3 rings (SSSR count). The van der Waals surface area contributed by atoms with Crippen molar-refractivity contribution in [2.75, 3.05) is 32.8 Å². The van der Waals surface area contributed by atoms with E-state index in [1.54, 1.807) is 18.6 Å². The second-order valence-electron chi connectivity index (χ2n) is 7.32. The summed E-state index contributed by atoms with van der Waals surface area (Å²) in [6.45, 7) is 7.60. The molecule has 0 bridgehead atoms. The molecule has 0 aliphatic carbocycles. The van der Waals surface area contributed by atoms with Gasteiger partial charge in [-0.25, -0.2) is 9.97 Å². The molecule has 3 heterocycles. The summed E-state index contributed by atoms with van der Waals surface area (Å²) in [7, 11) is 0. The van der Waals surface area contributed by atoms with E-state index in [0.717, 1.165) is 13.1 Å². The summed E-state index contributed by atoms with van der Waals surface area (Å²) >= 11 is 0. The molecule has 7 heteroatoms. The van der Waals surface area contributed by atoms with Crippen molar-refractivity contribution in [3.8, 4) is 11.5 Å². The van der Waals surface area contributed by atoms with E-state index in [2.05, 4.69) is 33.7 Å². The summed E-state index contributed by atoms with van der Waals surface area (Å²) in [6, 6.07) is 5.74. The first kappa shape index (κ1) is 19.4. The SMILES string of the molecule is CC(C)CN1CCN(C(=O)c2cnc(-c3ccccn3)nc2)CC1CCO. The Labute approximate surface area is 160 Å². The van der Waals surface area contributed by atoms with Gasteiger partial charge in [-0.1, -0.05) is 19.9 Å². The van der Waals surface area contributed by atoms with Gasteiger partial charge >= 0.3 is 0 Å². The fraction of sp³-hybridized carbons (Fsp3) is 0.500. The summed E-state index contributed by atoms with van der Waals surface area (Å²) in [5.41, 5.74) is 1.16. The molecule has 144 valence electrons. The van der Waals surface area contributed by atoms with Crippen molar-refractivity contribution in [3.05, 3.63) is 42.4 Å². The van der Waals surface area contributed by atoms with Crippen LogP contribution in [0.3, 0.4) is 0 Å². The lowest BCUT2D eigenvalue weighted by Gasteiger charge is -2.42. The smallest absolute Gasteiger partial charge is 0.257 e. The Kier molecular flexibility index (Phi) is 6.47. The van der Waals surface area contributed by atoms with Gasteiger partial charge in [0, 0.05) is 57.4 Å². The van der Waals surface area contributed by atoms with E-state index < -0.39 is 0 Å². The molecule has 2 aromatic heterocycles. The zero-order valence-electron chi connectivity index (χ0n) is 16.0. The van der Waals surface area contributed by atoms with Crippen molar-refractivity contribution in [2.24, 2.45) is 5.92 Å². The van der Waals surface area contributed by atoms with Crippen LogP contribution in [0.2, 0.25) is 0 Å². The first-order valence-corrected chi connectivity index (χ1v) is 9.46. The van der Waals surface area contributed by atoms with Crippen molar-refractivity contribution < 1.29 is 9.90 Å². The van der Waals surface area contributed by atoms with Crippen LogP contribution in [-0.2, 0) is 0 Å². The number of rotatable bonds is 6. The molecule has 7 nitrogen and oxygen atoms in total. The summed E-state index contributed by atoms with van der Waals surface area (Å²) < 4.78 is 0. The minimum absolute atomic E-state index is 0.0605. The Balaban J connectivity index is 1.68. The summed E-state index contributed by atoms with van der Waals surface area (Å²) in [5.74, 6) is 1.00. The van der Waals surface area contributed by atoms with Crippen LogP contribution in [0, 0.1) is 5.92 Å². The Bertz CT molecular complexity index is 736. The number of amides is 1. The number of aliphatic hydroxyl groups excluding tert-OH is 1. The lowest BCUT2D eigenvalue weighted by Crippen LogP contribution is -2.55. The fourth-order valence-electron chi connectivity index (χ4n) is 3.46. The van der Waals surface area contributed by atoms with E-state index in [0.29, 0.717) is 42.5 Å². The maximum Gasteiger partial charge on any atom is 0.257 e. The number of carbonyl (C=O) groups is 1. The minimum Gasteiger partial charge on any atom is -0.396 e. The van der Waals surface area contributed by atoms with Crippen LogP contribution >= 0.6 is 0 Å². The monoisotopic (exact) mass is 369 g/mol. The number of pyridine rings is 1. The predicted molar refractivity (Wildman–Crippen MR) is 103 cm³/mol. The van der Waals surface area contributed by atoms with Gasteiger partial charge in [-0.05, 0) is 24.5 Å². The molecule has 0 spiro atoms. The van der Waals surface area contributed by atoms with Crippen LogP contribution in [0.5, 0.6) is 0 Å². The second kappa shape index (κ2) is 9.01. The van der Waals surface area contributed by atoms with Gasteiger partial charge < -0.3 is 10.0 Å². The molecule has 1 aliphatic rings. The van der Waals surface area contributed by atoms with Gasteiger partial charge in [0.25, 0.3) is 5.91 Å². The third kappa shape index (κ3) is 4.87. The molecule has 0 radical (unpaired) electrons. The number of piperazine rings is 1. The maximum absolute atomic E-state index is 12.9. The van der Waals surface area contributed by atoms with Gasteiger partial charge in [-0.2, -0.15) is 0 Å². The van der Waals surface area contributed by atoms with E-state index in [1.165, 1.54) is 0 Å². The Morgan fingerprint density at radius 2 is 2.00 bits per heavy atom. The molecule has 1 aliphatic heterocycles. The van der Waals surface area contributed by atoms with Crippen LogP contribution in [-0.4, -0.2) is 74.6 Å². The lowest BCUT2D eigenvalue weighted by molar-refractivity contribution is 0.0384. The summed E-state index contributed by atoms with van der Waals surface area (Å²) in [5, 5.41) is 9.40. The molecule has 1 unspecified atom stereocenters. The number of aromatic nitrogens is 3. The average Bonchev–Trinajstić information content (AvgIpc) is 2.69. The zero-order chi connectivity index (χ0) is 19.2. The highest BCUT2D eigenvalue weighted by molar-refractivity contribution is 5.93. The number of aliphatic hydroxyl groups is 1. The predicted octanol–water partition coefficient (Wildman–Crippen LogP) is 1.70. The molecule has 1 saturated heterocycles. The number of hydrogen-bond donors (Lipinski definition) is 1. The van der Waals surface area contributed by atoms with E-state index in [9.17, 15) is 9.90 Å².